The molecular formula is C54H34O. The van der Waals surface area contributed by atoms with Crippen molar-refractivity contribution in [2.24, 2.45) is 0 Å². The van der Waals surface area contributed by atoms with Gasteiger partial charge in [-0.1, -0.05) is 188 Å². The first-order chi connectivity index (χ1) is 27.3. The van der Waals surface area contributed by atoms with Crippen LogP contribution >= 0.6 is 0 Å². The van der Waals surface area contributed by atoms with Gasteiger partial charge in [-0.05, 0) is 90.2 Å². The fraction of sp³-hybridized carbons (Fsp3) is 0.0370. The Kier molecular flexibility index (Phi) is 6.25. The molecule has 0 bridgehead atoms. The van der Waals surface area contributed by atoms with Gasteiger partial charge in [-0.3, -0.25) is 0 Å². The summed E-state index contributed by atoms with van der Waals surface area (Å²) in [5, 5.41) is 2.51. The van der Waals surface area contributed by atoms with Gasteiger partial charge in [-0.2, -0.15) is 0 Å². The Morgan fingerprint density at radius 1 is 0.291 bits per heavy atom. The van der Waals surface area contributed by atoms with Crippen LogP contribution in [0.15, 0.2) is 206 Å². The number of para-hydroxylation sites is 2. The Balaban J connectivity index is 1.22. The van der Waals surface area contributed by atoms with Gasteiger partial charge >= 0.3 is 0 Å². The molecule has 1 nitrogen and oxygen atoms in total. The second kappa shape index (κ2) is 11.3. The molecule has 0 radical (unpaired) electrons. The third-order valence-electron chi connectivity index (χ3n) is 12.6. The molecule has 55 heavy (non-hydrogen) atoms. The zero-order valence-corrected chi connectivity index (χ0v) is 30.0. The number of rotatable bonds is 3. The lowest BCUT2D eigenvalue weighted by Crippen LogP contribution is -2.34. The normalized spacial score (nSPS) is 16.4. The lowest BCUT2D eigenvalue weighted by Gasteiger charge is -2.42. The quantitative estimate of drug-likeness (QED) is 0.178. The molecule has 0 amide bonds. The lowest BCUT2D eigenvalue weighted by atomic mass is 9.63. The Morgan fingerprint density at radius 3 is 1.45 bits per heavy atom. The van der Waals surface area contributed by atoms with Gasteiger partial charge in [0.15, 0.2) is 0 Å². The van der Waals surface area contributed by atoms with Crippen molar-refractivity contribution in [3.8, 4) is 44.9 Å². The number of hydrogen-bond donors (Lipinski definition) is 0. The minimum atomic E-state index is -0.604. The number of fused-ring (bicyclic) bond motifs is 13. The van der Waals surface area contributed by atoms with E-state index in [-0.39, 0.29) is 0 Å². The smallest absolute Gasteiger partial charge is 0.140 e. The fourth-order valence-electron chi connectivity index (χ4n) is 10.5. The van der Waals surface area contributed by atoms with Gasteiger partial charge in [0, 0.05) is 16.7 Å². The van der Waals surface area contributed by atoms with Gasteiger partial charge in [0.25, 0.3) is 0 Å². The molecule has 0 fully saturated rings. The van der Waals surface area contributed by atoms with E-state index in [0.29, 0.717) is 0 Å². The molecular weight excluding hydrogens is 665 g/mol. The van der Waals surface area contributed by atoms with Crippen molar-refractivity contribution in [3.63, 3.8) is 0 Å². The van der Waals surface area contributed by atoms with Crippen LogP contribution in [0.4, 0.5) is 0 Å². The van der Waals surface area contributed by atoms with E-state index >= 15 is 0 Å². The molecule has 1 spiro atoms. The lowest BCUT2D eigenvalue weighted by molar-refractivity contribution is 0.436. The summed E-state index contributed by atoms with van der Waals surface area (Å²) in [5.41, 5.74) is 16.3. The molecule has 0 N–H and O–H groups in total. The highest BCUT2D eigenvalue weighted by molar-refractivity contribution is 6.02. The van der Waals surface area contributed by atoms with Crippen LogP contribution in [-0.4, -0.2) is 0 Å². The van der Waals surface area contributed by atoms with Gasteiger partial charge < -0.3 is 4.74 Å². The van der Waals surface area contributed by atoms with Crippen LogP contribution in [0.5, 0.6) is 11.5 Å². The van der Waals surface area contributed by atoms with E-state index in [1.54, 1.807) is 0 Å². The first-order valence-electron chi connectivity index (χ1n) is 19.2. The third-order valence-corrected chi connectivity index (χ3v) is 12.6. The Hall–Kier alpha value is -6.96. The summed E-state index contributed by atoms with van der Waals surface area (Å²) in [7, 11) is 0. The van der Waals surface area contributed by atoms with Gasteiger partial charge in [-0.15, -0.1) is 0 Å². The molecule has 1 heterocycles. The monoisotopic (exact) mass is 698 g/mol. The van der Waals surface area contributed by atoms with E-state index in [1.165, 1.54) is 72.0 Å². The molecule has 9 aromatic carbocycles. The summed E-state index contributed by atoms with van der Waals surface area (Å²) in [5.74, 6) is 1.78. The van der Waals surface area contributed by atoms with E-state index in [1.807, 2.05) is 0 Å². The zero-order chi connectivity index (χ0) is 36.1. The van der Waals surface area contributed by atoms with E-state index in [2.05, 4.69) is 206 Å². The van der Waals surface area contributed by atoms with Crippen LogP contribution < -0.4 is 4.74 Å². The molecule has 0 saturated carbocycles. The van der Waals surface area contributed by atoms with Crippen molar-refractivity contribution in [3.05, 3.63) is 251 Å². The molecule has 12 rings (SSSR count). The Morgan fingerprint density at radius 2 is 0.764 bits per heavy atom. The highest BCUT2D eigenvalue weighted by Crippen LogP contribution is 2.66. The molecule has 1 heteroatoms. The largest absolute Gasteiger partial charge is 0.456 e. The molecule has 2 aliphatic carbocycles. The first-order valence-corrected chi connectivity index (χ1v) is 19.2. The molecule has 1 atom stereocenters. The molecule has 3 aliphatic rings. The molecule has 9 aromatic rings. The van der Waals surface area contributed by atoms with E-state index in [0.717, 1.165) is 28.2 Å². The summed E-state index contributed by atoms with van der Waals surface area (Å²) in [6, 6.07) is 76.1. The summed E-state index contributed by atoms with van der Waals surface area (Å²) < 4.78 is 7.25. The third kappa shape index (κ3) is 3.87. The first kappa shape index (κ1) is 30.5. The fourth-order valence-corrected chi connectivity index (χ4v) is 10.5. The van der Waals surface area contributed by atoms with Crippen molar-refractivity contribution in [2.45, 2.75) is 10.8 Å². The van der Waals surface area contributed by atoms with Crippen molar-refractivity contribution in [1.82, 2.24) is 0 Å². The molecule has 1 aliphatic heterocycles. The van der Waals surface area contributed by atoms with Gasteiger partial charge in [0.1, 0.15) is 11.5 Å². The van der Waals surface area contributed by atoms with E-state index in [9.17, 15) is 0 Å². The second-order valence-corrected chi connectivity index (χ2v) is 15.1. The average Bonchev–Trinajstić information content (AvgIpc) is 3.72. The Bertz CT molecular complexity index is 2970. The van der Waals surface area contributed by atoms with Crippen LogP contribution in [0.1, 0.15) is 44.5 Å². The van der Waals surface area contributed by atoms with Crippen molar-refractivity contribution in [1.29, 1.82) is 0 Å². The summed E-state index contributed by atoms with van der Waals surface area (Å²) in [4.78, 5) is 0. The molecule has 1 unspecified atom stereocenters. The molecule has 0 aromatic heterocycles. The number of hydrogen-bond acceptors (Lipinski definition) is 1. The predicted molar refractivity (Wildman–Crippen MR) is 224 cm³/mol. The SMILES string of the molecule is c1ccc(C2(c3ccccc3)c3ccccc3Oc3c(-c4cccc5c4C4(c6ccccc6-c6cc7ccccc7cc64)c4ccccc4-5)cccc32)cc1. The highest BCUT2D eigenvalue weighted by Gasteiger charge is 2.53. The van der Waals surface area contributed by atoms with Crippen LogP contribution in [0.2, 0.25) is 0 Å². The second-order valence-electron chi connectivity index (χ2n) is 15.1. The van der Waals surface area contributed by atoms with Crippen molar-refractivity contribution in [2.75, 3.05) is 0 Å². The van der Waals surface area contributed by atoms with E-state index < -0.39 is 10.8 Å². The van der Waals surface area contributed by atoms with Gasteiger partial charge in [0.2, 0.25) is 0 Å². The Labute approximate surface area is 320 Å². The van der Waals surface area contributed by atoms with Crippen LogP contribution in [0, 0.1) is 0 Å². The molecule has 0 saturated heterocycles. The summed E-state index contributed by atoms with van der Waals surface area (Å²) in [6.45, 7) is 0. The number of ether oxygens (including phenoxy) is 1. The van der Waals surface area contributed by atoms with Crippen molar-refractivity contribution < 1.29 is 4.74 Å². The number of benzene rings is 9. The maximum atomic E-state index is 7.25. The molecule has 256 valence electrons. The average molecular weight is 699 g/mol. The van der Waals surface area contributed by atoms with E-state index in [4.69, 9.17) is 4.74 Å². The minimum Gasteiger partial charge on any atom is -0.456 e. The predicted octanol–water partition coefficient (Wildman–Crippen LogP) is 13.3. The maximum Gasteiger partial charge on any atom is 0.140 e. The zero-order valence-electron chi connectivity index (χ0n) is 30.0. The highest BCUT2D eigenvalue weighted by atomic mass is 16.5. The standard InChI is InChI=1S/C54H34O/c1-3-19-37(20-4-1)53(38-21-5-2-6-22-38)47-30-13-14-32-50(47)55-52-43(27-16-31-48(52)53)42-26-15-25-41-39-23-9-11-28-45(39)54(51(41)42)46-29-12-10-24-40(46)44-33-35-17-7-8-18-36(35)34-49(44)54/h1-34H. The summed E-state index contributed by atoms with van der Waals surface area (Å²) in [6.07, 6.45) is 0. The maximum absolute atomic E-state index is 7.25. The summed E-state index contributed by atoms with van der Waals surface area (Å²) >= 11 is 0. The van der Waals surface area contributed by atoms with Crippen LogP contribution in [-0.2, 0) is 10.8 Å². The van der Waals surface area contributed by atoms with Crippen LogP contribution in [0.25, 0.3) is 44.2 Å². The van der Waals surface area contributed by atoms with Gasteiger partial charge in [0.05, 0.1) is 10.8 Å². The van der Waals surface area contributed by atoms with Gasteiger partial charge in [-0.25, -0.2) is 0 Å². The van der Waals surface area contributed by atoms with Crippen molar-refractivity contribution >= 4 is 10.8 Å². The van der Waals surface area contributed by atoms with Crippen LogP contribution in [0.3, 0.4) is 0 Å². The topological polar surface area (TPSA) is 9.23 Å². The minimum absolute atomic E-state index is 0.524.